The normalized spacial score (nSPS) is 19.1. The van der Waals surface area contributed by atoms with Gasteiger partial charge in [-0.25, -0.2) is 9.18 Å². The van der Waals surface area contributed by atoms with E-state index >= 15 is 0 Å². The highest BCUT2D eigenvalue weighted by atomic mass is 19.1. The van der Waals surface area contributed by atoms with Crippen LogP contribution in [-0.2, 0) is 0 Å². The molecule has 0 bridgehead atoms. The van der Waals surface area contributed by atoms with E-state index in [1.54, 1.807) is 12.1 Å². The van der Waals surface area contributed by atoms with Crippen LogP contribution in [0.5, 0.6) is 0 Å². The summed E-state index contributed by atoms with van der Waals surface area (Å²) in [5.74, 6) is 0.0217. The SMILES string of the molecule is Cc1ccc(F)c(NC(=O)Nc2ccc(C3=CC=CC4NN=C(N)C34)c3ccccc23)c1. The summed E-state index contributed by atoms with van der Waals surface area (Å²) in [6, 6.07) is 15.8. The number of allylic oxidation sites excluding steroid dienone is 2. The van der Waals surface area contributed by atoms with E-state index < -0.39 is 11.8 Å². The van der Waals surface area contributed by atoms with Crippen LogP contribution in [0.3, 0.4) is 0 Å². The molecule has 32 heavy (non-hydrogen) atoms. The Hall–Kier alpha value is -4.13. The van der Waals surface area contributed by atoms with Crippen molar-refractivity contribution in [1.29, 1.82) is 0 Å². The van der Waals surface area contributed by atoms with Gasteiger partial charge >= 0.3 is 6.03 Å². The number of hydrogen-bond acceptors (Lipinski definition) is 4. The first-order valence-electron chi connectivity index (χ1n) is 10.3. The molecule has 3 aromatic carbocycles. The molecule has 1 aliphatic carbocycles. The monoisotopic (exact) mass is 427 g/mol. The molecule has 2 unspecified atom stereocenters. The molecule has 0 radical (unpaired) electrons. The zero-order chi connectivity index (χ0) is 22.2. The highest BCUT2D eigenvalue weighted by Gasteiger charge is 2.34. The van der Waals surface area contributed by atoms with Gasteiger partial charge in [0.25, 0.3) is 0 Å². The van der Waals surface area contributed by atoms with E-state index in [2.05, 4.69) is 27.2 Å². The Balaban J connectivity index is 1.48. The second-order valence-electron chi connectivity index (χ2n) is 7.94. The van der Waals surface area contributed by atoms with Crippen molar-refractivity contribution in [3.05, 3.63) is 89.8 Å². The highest BCUT2D eigenvalue weighted by molar-refractivity contribution is 6.10. The van der Waals surface area contributed by atoms with Crippen molar-refractivity contribution in [2.45, 2.75) is 13.0 Å². The maximum atomic E-state index is 14.0. The van der Waals surface area contributed by atoms with Crippen LogP contribution >= 0.6 is 0 Å². The van der Waals surface area contributed by atoms with Gasteiger partial charge in [-0.15, -0.1) is 0 Å². The van der Waals surface area contributed by atoms with Crippen LogP contribution < -0.4 is 21.8 Å². The average Bonchev–Trinajstić information content (AvgIpc) is 3.18. The number of carbonyl (C=O) groups is 1. The van der Waals surface area contributed by atoms with Crippen molar-refractivity contribution in [1.82, 2.24) is 5.43 Å². The Bertz CT molecular complexity index is 1330. The molecule has 2 amide bonds. The summed E-state index contributed by atoms with van der Waals surface area (Å²) in [6.45, 7) is 1.84. The fourth-order valence-electron chi connectivity index (χ4n) is 4.29. The number of halogens is 1. The quantitative estimate of drug-likeness (QED) is 0.486. The van der Waals surface area contributed by atoms with Crippen LogP contribution in [0.25, 0.3) is 16.3 Å². The van der Waals surface area contributed by atoms with Gasteiger partial charge in [-0.05, 0) is 47.2 Å². The van der Waals surface area contributed by atoms with E-state index in [0.29, 0.717) is 11.5 Å². The Kier molecular flexibility index (Phi) is 4.86. The Morgan fingerprint density at radius 1 is 1.06 bits per heavy atom. The van der Waals surface area contributed by atoms with E-state index in [1.165, 1.54) is 6.07 Å². The molecule has 5 N–H and O–H groups in total. The number of hydrazone groups is 1. The molecule has 7 heteroatoms. The van der Waals surface area contributed by atoms with Gasteiger partial charge in [-0.1, -0.05) is 54.6 Å². The summed E-state index contributed by atoms with van der Waals surface area (Å²) in [4.78, 5) is 12.6. The third-order valence-corrected chi connectivity index (χ3v) is 5.80. The van der Waals surface area contributed by atoms with E-state index in [1.807, 2.05) is 55.5 Å². The minimum Gasteiger partial charge on any atom is -0.385 e. The van der Waals surface area contributed by atoms with Gasteiger partial charge in [0.15, 0.2) is 0 Å². The number of hydrogen-bond donors (Lipinski definition) is 4. The molecular weight excluding hydrogens is 405 g/mol. The lowest BCUT2D eigenvalue weighted by molar-refractivity contribution is 0.262. The zero-order valence-electron chi connectivity index (χ0n) is 17.4. The molecule has 6 nitrogen and oxygen atoms in total. The van der Waals surface area contributed by atoms with Crippen molar-refractivity contribution in [2.24, 2.45) is 16.8 Å². The Labute approximate surface area is 184 Å². The lowest BCUT2D eigenvalue weighted by Crippen LogP contribution is -2.33. The minimum absolute atomic E-state index is 0.0292. The molecule has 0 aromatic heterocycles. The number of benzene rings is 3. The van der Waals surface area contributed by atoms with Crippen LogP contribution in [0.2, 0.25) is 0 Å². The summed E-state index contributed by atoms with van der Waals surface area (Å²) < 4.78 is 14.0. The van der Waals surface area contributed by atoms with Crippen molar-refractivity contribution >= 4 is 39.6 Å². The molecule has 0 spiro atoms. The highest BCUT2D eigenvalue weighted by Crippen LogP contribution is 2.38. The molecule has 1 heterocycles. The van der Waals surface area contributed by atoms with Gasteiger partial charge in [0, 0.05) is 5.39 Å². The standard InChI is InChI=1S/C25H22FN5O/c1-14-9-11-19(26)22(13-14)29-25(32)28-20-12-10-16(15-5-2-3-6-17(15)20)18-7-4-8-21-23(18)24(27)31-30-21/h2-13,21,23,30H,1H3,(H2,27,31)(H2,28,29,32). The van der Waals surface area contributed by atoms with Gasteiger partial charge in [-0.2, -0.15) is 5.10 Å². The second-order valence-corrected chi connectivity index (χ2v) is 7.94. The Morgan fingerprint density at radius 2 is 1.84 bits per heavy atom. The topological polar surface area (TPSA) is 91.5 Å². The summed E-state index contributed by atoms with van der Waals surface area (Å²) in [7, 11) is 0. The lowest BCUT2D eigenvalue weighted by atomic mass is 9.81. The maximum absolute atomic E-state index is 14.0. The molecule has 160 valence electrons. The number of nitrogens with zero attached hydrogens (tertiary/aromatic N) is 1. The summed E-state index contributed by atoms with van der Waals surface area (Å²) >= 11 is 0. The zero-order valence-corrected chi connectivity index (χ0v) is 17.4. The van der Waals surface area contributed by atoms with Gasteiger partial charge in [0.1, 0.15) is 11.7 Å². The second kappa shape index (κ2) is 7.85. The third-order valence-electron chi connectivity index (χ3n) is 5.80. The van der Waals surface area contributed by atoms with Crippen LogP contribution in [0.15, 0.2) is 77.9 Å². The third kappa shape index (κ3) is 3.47. The van der Waals surface area contributed by atoms with E-state index in [-0.39, 0.29) is 17.6 Å². The molecule has 0 fully saturated rings. The fraction of sp³-hybridized carbons (Fsp3) is 0.120. The van der Waals surface area contributed by atoms with Gasteiger partial charge < -0.3 is 21.8 Å². The number of carbonyl (C=O) groups excluding carboxylic acids is 1. The number of nitrogens with one attached hydrogen (secondary N) is 3. The van der Waals surface area contributed by atoms with Crippen molar-refractivity contribution < 1.29 is 9.18 Å². The number of nitrogens with two attached hydrogens (primary N) is 1. The molecule has 0 saturated heterocycles. The molecule has 0 saturated carbocycles. The van der Waals surface area contributed by atoms with Crippen LogP contribution in [0.1, 0.15) is 11.1 Å². The average molecular weight is 427 g/mol. The van der Waals surface area contributed by atoms with E-state index in [4.69, 9.17) is 5.73 Å². The molecule has 5 rings (SSSR count). The largest absolute Gasteiger partial charge is 0.385 e. The predicted octanol–water partition coefficient (Wildman–Crippen LogP) is 4.74. The van der Waals surface area contributed by atoms with E-state index in [9.17, 15) is 9.18 Å². The molecule has 1 aliphatic heterocycles. The predicted molar refractivity (Wildman–Crippen MR) is 127 cm³/mol. The van der Waals surface area contributed by atoms with Gasteiger partial charge in [-0.3, -0.25) is 0 Å². The number of aryl methyl sites for hydroxylation is 1. The van der Waals surface area contributed by atoms with Gasteiger partial charge in [0.2, 0.25) is 0 Å². The number of anilines is 2. The van der Waals surface area contributed by atoms with Crippen LogP contribution in [0.4, 0.5) is 20.6 Å². The number of rotatable bonds is 3. The first kappa shape index (κ1) is 19.8. The first-order chi connectivity index (χ1) is 15.5. The van der Waals surface area contributed by atoms with Crippen LogP contribution in [0, 0.1) is 18.7 Å². The van der Waals surface area contributed by atoms with Crippen molar-refractivity contribution in [3.63, 3.8) is 0 Å². The molecular formula is C25H22FN5O. The number of fused-ring (bicyclic) bond motifs is 2. The molecule has 2 aliphatic rings. The number of amides is 2. The maximum Gasteiger partial charge on any atom is 0.323 e. The number of amidine groups is 1. The number of urea groups is 1. The summed E-state index contributed by atoms with van der Waals surface area (Å²) in [6.07, 6.45) is 6.10. The van der Waals surface area contributed by atoms with Crippen LogP contribution in [-0.4, -0.2) is 17.9 Å². The Morgan fingerprint density at radius 3 is 2.69 bits per heavy atom. The molecule has 3 aromatic rings. The smallest absolute Gasteiger partial charge is 0.323 e. The van der Waals surface area contributed by atoms with Gasteiger partial charge in [0.05, 0.1) is 23.3 Å². The van der Waals surface area contributed by atoms with Crippen molar-refractivity contribution in [2.75, 3.05) is 10.6 Å². The molecule has 2 atom stereocenters. The van der Waals surface area contributed by atoms with E-state index in [0.717, 1.165) is 27.5 Å². The summed E-state index contributed by atoms with van der Waals surface area (Å²) in [5.41, 5.74) is 12.9. The first-order valence-corrected chi connectivity index (χ1v) is 10.3. The lowest BCUT2D eigenvalue weighted by Gasteiger charge is -2.24. The fourth-order valence-corrected chi connectivity index (χ4v) is 4.29. The summed E-state index contributed by atoms with van der Waals surface area (Å²) in [5, 5.41) is 11.5. The minimum atomic E-state index is -0.511. The van der Waals surface area contributed by atoms with Crippen molar-refractivity contribution in [3.8, 4) is 0 Å².